The van der Waals surface area contributed by atoms with E-state index in [1.54, 1.807) is 25.1 Å². The van der Waals surface area contributed by atoms with E-state index in [0.29, 0.717) is 12.3 Å². The van der Waals surface area contributed by atoms with Gasteiger partial charge in [-0.1, -0.05) is 30.3 Å². The molecule has 1 aliphatic rings. The number of nitrogens with one attached hydrogen (secondary N) is 1. The van der Waals surface area contributed by atoms with Gasteiger partial charge >= 0.3 is 5.97 Å². The monoisotopic (exact) mass is 336 g/mol. The zero-order valence-electron chi connectivity index (χ0n) is 13.7. The van der Waals surface area contributed by atoms with Crippen molar-refractivity contribution < 1.29 is 13.9 Å². The molecule has 0 bridgehead atoms. The average molecular weight is 336 g/mol. The lowest BCUT2D eigenvalue weighted by Gasteiger charge is -2.29. The van der Waals surface area contributed by atoms with Gasteiger partial charge in [0.15, 0.2) is 0 Å². The number of fused-ring (bicyclic) bond motifs is 3. The number of benzene rings is 2. The third-order valence-electron chi connectivity index (χ3n) is 4.30. The number of hydrogen-bond acceptors (Lipinski definition) is 3. The van der Waals surface area contributed by atoms with Crippen LogP contribution in [-0.2, 0) is 9.53 Å². The summed E-state index contributed by atoms with van der Waals surface area (Å²) in [7, 11) is 0. The van der Waals surface area contributed by atoms with E-state index in [-0.39, 0.29) is 12.0 Å². The van der Waals surface area contributed by atoms with E-state index in [2.05, 4.69) is 9.88 Å². The standard InChI is InChI=1S/C20H17FN2O2/c1-2-25-20(24)17-12-16-11-14-5-3-4-6-18(14)23(16)19(22-17)13-7-9-15(21)10-8-13/h3-12,19,22H,2H2,1H3. The summed E-state index contributed by atoms with van der Waals surface area (Å²) >= 11 is 0. The van der Waals surface area contributed by atoms with Crippen LogP contribution in [0.4, 0.5) is 4.39 Å². The molecule has 0 amide bonds. The molecular formula is C20H17FN2O2. The van der Waals surface area contributed by atoms with Gasteiger partial charge in [-0.25, -0.2) is 9.18 Å². The molecule has 4 rings (SSSR count). The SMILES string of the molecule is CCOC(=O)C1=Cc2cc3ccccc3n2C(c2ccc(F)cc2)N1. The van der Waals surface area contributed by atoms with Crippen molar-refractivity contribution in [3.05, 3.63) is 77.4 Å². The number of rotatable bonds is 3. The van der Waals surface area contributed by atoms with Crippen LogP contribution in [0.5, 0.6) is 0 Å². The van der Waals surface area contributed by atoms with Crippen molar-refractivity contribution in [1.29, 1.82) is 0 Å². The Morgan fingerprint density at radius 2 is 1.96 bits per heavy atom. The van der Waals surface area contributed by atoms with Crippen molar-refractivity contribution in [3.63, 3.8) is 0 Å². The summed E-state index contributed by atoms with van der Waals surface area (Å²) in [5, 5.41) is 4.31. The number of carbonyl (C=O) groups is 1. The van der Waals surface area contributed by atoms with Crippen LogP contribution in [0.1, 0.15) is 24.3 Å². The Morgan fingerprint density at radius 3 is 2.72 bits per heavy atom. The number of carbonyl (C=O) groups excluding carboxylic acids is 1. The zero-order valence-corrected chi connectivity index (χ0v) is 13.7. The van der Waals surface area contributed by atoms with E-state index in [9.17, 15) is 9.18 Å². The van der Waals surface area contributed by atoms with Crippen molar-refractivity contribution >= 4 is 22.9 Å². The van der Waals surface area contributed by atoms with E-state index >= 15 is 0 Å². The highest BCUT2D eigenvalue weighted by Crippen LogP contribution is 2.32. The van der Waals surface area contributed by atoms with Gasteiger partial charge in [-0.15, -0.1) is 0 Å². The van der Waals surface area contributed by atoms with Crippen LogP contribution < -0.4 is 5.32 Å². The first-order valence-corrected chi connectivity index (χ1v) is 8.18. The maximum atomic E-state index is 13.3. The number of nitrogens with zero attached hydrogens (tertiary/aromatic N) is 1. The molecule has 3 aromatic rings. The van der Waals surface area contributed by atoms with E-state index in [1.807, 2.05) is 30.3 Å². The molecule has 0 aliphatic carbocycles. The lowest BCUT2D eigenvalue weighted by Crippen LogP contribution is -2.34. The molecule has 0 fully saturated rings. The molecule has 4 nitrogen and oxygen atoms in total. The molecule has 0 saturated carbocycles. The summed E-state index contributed by atoms with van der Waals surface area (Å²) in [4.78, 5) is 12.2. The number of esters is 1. The maximum absolute atomic E-state index is 13.3. The topological polar surface area (TPSA) is 43.3 Å². The van der Waals surface area contributed by atoms with Crippen molar-refractivity contribution in [2.75, 3.05) is 6.61 Å². The molecule has 1 unspecified atom stereocenters. The molecule has 0 radical (unpaired) electrons. The zero-order chi connectivity index (χ0) is 17.4. The Balaban J connectivity index is 1.89. The fraction of sp³-hybridized carbons (Fsp3) is 0.150. The highest BCUT2D eigenvalue weighted by Gasteiger charge is 2.27. The van der Waals surface area contributed by atoms with E-state index in [4.69, 9.17) is 4.74 Å². The van der Waals surface area contributed by atoms with Crippen molar-refractivity contribution in [2.45, 2.75) is 13.1 Å². The van der Waals surface area contributed by atoms with Gasteiger partial charge in [-0.05, 0) is 42.8 Å². The average Bonchev–Trinajstić information content (AvgIpc) is 3.00. The largest absolute Gasteiger partial charge is 0.461 e. The van der Waals surface area contributed by atoms with Gasteiger partial charge in [0.1, 0.15) is 17.7 Å². The van der Waals surface area contributed by atoms with Crippen LogP contribution in [0.25, 0.3) is 17.0 Å². The molecule has 1 aromatic heterocycles. The first-order valence-electron chi connectivity index (χ1n) is 8.18. The minimum absolute atomic E-state index is 0.293. The van der Waals surface area contributed by atoms with Gasteiger partial charge in [0.05, 0.1) is 12.1 Å². The molecule has 0 spiro atoms. The van der Waals surface area contributed by atoms with E-state index in [0.717, 1.165) is 22.2 Å². The molecule has 0 saturated heterocycles. The van der Waals surface area contributed by atoms with Crippen LogP contribution >= 0.6 is 0 Å². The minimum atomic E-state index is -0.397. The maximum Gasteiger partial charge on any atom is 0.354 e. The minimum Gasteiger partial charge on any atom is -0.461 e. The molecule has 126 valence electrons. The molecule has 1 aliphatic heterocycles. The highest BCUT2D eigenvalue weighted by atomic mass is 19.1. The summed E-state index contributed by atoms with van der Waals surface area (Å²) in [6.45, 7) is 2.08. The first kappa shape index (κ1) is 15.4. The second-order valence-electron chi connectivity index (χ2n) is 5.87. The summed E-state index contributed by atoms with van der Waals surface area (Å²) in [5.74, 6) is -0.690. The predicted molar refractivity (Wildman–Crippen MR) is 94.2 cm³/mol. The third-order valence-corrected chi connectivity index (χ3v) is 4.30. The number of hydrogen-bond donors (Lipinski definition) is 1. The van der Waals surface area contributed by atoms with Gasteiger partial charge in [0.25, 0.3) is 0 Å². The fourth-order valence-corrected chi connectivity index (χ4v) is 3.20. The third kappa shape index (κ3) is 2.67. The number of ether oxygens (including phenoxy) is 1. The number of halogens is 1. The van der Waals surface area contributed by atoms with E-state index < -0.39 is 5.97 Å². The second-order valence-corrected chi connectivity index (χ2v) is 5.87. The molecule has 2 aromatic carbocycles. The van der Waals surface area contributed by atoms with Gasteiger partial charge in [0.2, 0.25) is 0 Å². The Bertz CT molecular complexity index is 973. The lowest BCUT2D eigenvalue weighted by atomic mass is 10.1. The predicted octanol–water partition coefficient (Wildman–Crippen LogP) is 3.83. The van der Waals surface area contributed by atoms with Crippen molar-refractivity contribution in [2.24, 2.45) is 0 Å². The fourth-order valence-electron chi connectivity index (χ4n) is 3.20. The van der Waals surface area contributed by atoms with E-state index in [1.165, 1.54) is 12.1 Å². The molecule has 1 N–H and O–H groups in total. The number of aromatic nitrogens is 1. The summed E-state index contributed by atoms with van der Waals surface area (Å²) in [6, 6.07) is 16.3. The van der Waals surface area contributed by atoms with Gasteiger partial charge in [0, 0.05) is 11.1 Å². The van der Waals surface area contributed by atoms with Gasteiger partial charge in [-0.3, -0.25) is 0 Å². The van der Waals surface area contributed by atoms with Crippen LogP contribution in [0.15, 0.2) is 60.3 Å². The summed E-state index contributed by atoms with van der Waals surface area (Å²) < 4.78 is 20.6. The second kappa shape index (κ2) is 6.09. The normalized spacial score (nSPS) is 16.1. The summed E-state index contributed by atoms with van der Waals surface area (Å²) in [5.41, 5.74) is 3.20. The summed E-state index contributed by atoms with van der Waals surface area (Å²) in [6.07, 6.45) is 1.47. The van der Waals surface area contributed by atoms with Crippen LogP contribution in [0.3, 0.4) is 0 Å². The Labute approximate surface area is 144 Å². The molecule has 25 heavy (non-hydrogen) atoms. The molecule has 1 atom stereocenters. The van der Waals surface area contributed by atoms with Gasteiger partial charge in [-0.2, -0.15) is 0 Å². The first-order chi connectivity index (χ1) is 12.2. The Kier molecular flexibility index (Phi) is 3.76. The molecule has 2 heterocycles. The highest BCUT2D eigenvalue weighted by molar-refractivity contribution is 5.95. The van der Waals surface area contributed by atoms with Crippen LogP contribution in [0.2, 0.25) is 0 Å². The van der Waals surface area contributed by atoms with Crippen LogP contribution in [0, 0.1) is 5.82 Å². The number of para-hydroxylation sites is 1. The Hall–Kier alpha value is -3.08. The quantitative estimate of drug-likeness (QED) is 0.739. The lowest BCUT2D eigenvalue weighted by molar-refractivity contribution is -0.139. The van der Waals surface area contributed by atoms with Crippen molar-refractivity contribution in [3.8, 4) is 0 Å². The van der Waals surface area contributed by atoms with Crippen LogP contribution in [-0.4, -0.2) is 17.1 Å². The molecular weight excluding hydrogens is 319 g/mol. The van der Waals surface area contributed by atoms with Crippen molar-refractivity contribution in [1.82, 2.24) is 9.88 Å². The van der Waals surface area contributed by atoms with Gasteiger partial charge < -0.3 is 14.6 Å². The molecule has 5 heteroatoms. The smallest absolute Gasteiger partial charge is 0.354 e. The Morgan fingerprint density at radius 1 is 1.20 bits per heavy atom.